The molecule has 0 aromatic rings. The van der Waals surface area contributed by atoms with Crippen molar-refractivity contribution in [2.75, 3.05) is 0 Å². The van der Waals surface area contributed by atoms with Gasteiger partial charge < -0.3 is 4.74 Å². The van der Waals surface area contributed by atoms with Crippen LogP contribution >= 0.6 is 0 Å². The van der Waals surface area contributed by atoms with Crippen LogP contribution in [0.3, 0.4) is 0 Å². The van der Waals surface area contributed by atoms with E-state index in [-0.39, 0.29) is 18.6 Å². The fourth-order valence-corrected chi connectivity index (χ4v) is 0.529. The Kier molecular flexibility index (Phi) is 4.73. The second kappa shape index (κ2) is 5.41. The third-order valence-corrected chi connectivity index (χ3v) is 0.928. The van der Waals surface area contributed by atoms with Crippen molar-refractivity contribution in [3.63, 3.8) is 0 Å². The molecule has 0 unspecified atom stereocenters. The molecule has 0 heterocycles. The van der Waals surface area contributed by atoms with E-state index >= 15 is 0 Å². The molecule has 0 fully saturated rings. The third kappa shape index (κ3) is 5.08. The zero-order chi connectivity index (χ0) is 8.69. The number of Topliss-reactive ketones (excluding diaryl/α,β-unsaturated/α-hetero) is 1. The molecule has 0 atom stereocenters. The monoisotopic (exact) mass is 154 g/mol. The normalized spacial score (nSPS) is 8.36. The third-order valence-electron chi connectivity index (χ3n) is 0.928. The van der Waals surface area contributed by atoms with E-state index in [1.165, 1.54) is 6.08 Å². The smallest absolute Gasteiger partial charge is 0.318 e. The van der Waals surface area contributed by atoms with Gasteiger partial charge in [-0.1, -0.05) is 12.7 Å². The lowest BCUT2D eigenvalue weighted by molar-refractivity contribution is -0.140. The minimum atomic E-state index is -0.577. The van der Waals surface area contributed by atoms with Crippen molar-refractivity contribution in [2.45, 2.75) is 12.8 Å². The van der Waals surface area contributed by atoms with E-state index in [9.17, 15) is 9.59 Å². The zero-order valence-corrected chi connectivity index (χ0v) is 6.21. The van der Waals surface area contributed by atoms with Crippen LogP contribution in [0.2, 0.25) is 0 Å². The minimum Gasteiger partial charge on any atom is -0.435 e. The molecule has 0 aliphatic rings. The van der Waals surface area contributed by atoms with E-state index in [1.807, 2.05) is 0 Å². The number of hydrogen-bond donors (Lipinski definition) is 0. The highest BCUT2D eigenvalue weighted by Gasteiger charge is 2.07. The first-order chi connectivity index (χ1) is 5.20. The van der Waals surface area contributed by atoms with Gasteiger partial charge in [0.15, 0.2) is 0 Å². The van der Waals surface area contributed by atoms with Crippen LogP contribution in [0.15, 0.2) is 25.5 Å². The van der Waals surface area contributed by atoms with Gasteiger partial charge in [-0.2, -0.15) is 0 Å². The summed E-state index contributed by atoms with van der Waals surface area (Å²) in [5.74, 6) is -0.779. The molecule has 0 saturated heterocycles. The van der Waals surface area contributed by atoms with E-state index in [2.05, 4.69) is 17.9 Å². The average molecular weight is 154 g/mol. The minimum absolute atomic E-state index is 0.201. The maximum atomic E-state index is 10.7. The summed E-state index contributed by atoms with van der Waals surface area (Å²) in [6.07, 6.45) is 2.44. The second-order valence-electron chi connectivity index (χ2n) is 1.86. The Morgan fingerprint density at radius 1 is 1.36 bits per heavy atom. The van der Waals surface area contributed by atoms with Gasteiger partial charge in [-0.05, 0) is 0 Å². The van der Waals surface area contributed by atoms with Crippen LogP contribution in [0, 0.1) is 0 Å². The zero-order valence-electron chi connectivity index (χ0n) is 6.21. The second-order valence-corrected chi connectivity index (χ2v) is 1.86. The number of carbonyl (C=O) groups is 2. The first-order valence-electron chi connectivity index (χ1n) is 3.13. The summed E-state index contributed by atoms with van der Waals surface area (Å²) < 4.78 is 4.33. The van der Waals surface area contributed by atoms with E-state index < -0.39 is 5.97 Å². The van der Waals surface area contributed by atoms with E-state index in [4.69, 9.17) is 0 Å². The Morgan fingerprint density at radius 2 is 2.00 bits per heavy atom. The van der Waals surface area contributed by atoms with Crippen LogP contribution < -0.4 is 0 Å². The number of ketones is 1. The Balaban J connectivity index is 3.65. The van der Waals surface area contributed by atoms with Crippen molar-refractivity contribution < 1.29 is 14.3 Å². The molecule has 0 aliphatic carbocycles. The van der Waals surface area contributed by atoms with Crippen LogP contribution in [0.1, 0.15) is 12.8 Å². The first kappa shape index (κ1) is 9.62. The van der Waals surface area contributed by atoms with Crippen molar-refractivity contribution in [1.82, 2.24) is 0 Å². The Morgan fingerprint density at radius 3 is 2.45 bits per heavy atom. The van der Waals surface area contributed by atoms with Crippen molar-refractivity contribution >= 4 is 11.8 Å². The van der Waals surface area contributed by atoms with Gasteiger partial charge in [0, 0.05) is 6.42 Å². The summed E-state index contributed by atoms with van der Waals surface area (Å²) in [5, 5.41) is 0. The van der Waals surface area contributed by atoms with Gasteiger partial charge in [0.25, 0.3) is 0 Å². The van der Waals surface area contributed by atoms with Gasteiger partial charge >= 0.3 is 5.97 Å². The molecule has 3 heteroatoms. The summed E-state index contributed by atoms with van der Waals surface area (Å²) in [4.78, 5) is 21.3. The van der Waals surface area contributed by atoms with Crippen LogP contribution in [-0.4, -0.2) is 11.8 Å². The molecule has 60 valence electrons. The fraction of sp³-hybridized carbons (Fsp3) is 0.250. The number of allylic oxidation sites excluding steroid dienone is 1. The summed E-state index contributed by atoms with van der Waals surface area (Å²) in [5.41, 5.74) is 0. The number of esters is 1. The largest absolute Gasteiger partial charge is 0.435 e. The molecule has 0 saturated carbocycles. The number of rotatable bonds is 5. The van der Waals surface area contributed by atoms with E-state index in [0.717, 1.165) is 6.26 Å². The topological polar surface area (TPSA) is 43.4 Å². The predicted octanol–water partition coefficient (Wildman–Crippen LogP) is 1.21. The van der Waals surface area contributed by atoms with Gasteiger partial charge in [-0.15, -0.1) is 6.58 Å². The van der Waals surface area contributed by atoms with Crippen molar-refractivity contribution in [3.8, 4) is 0 Å². The lowest BCUT2D eigenvalue weighted by Crippen LogP contribution is -2.07. The maximum absolute atomic E-state index is 10.7. The number of carbonyl (C=O) groups excluding carboxylic acids is 2. The van der Waals surface area contributed by atoms with Crippen LogP contribution in [0.4, 0.5) is 0 Å². The predicted molar refractivity (Wildman–Crippen MR) is 40.7 cm³/mol. The molecule has 0 bridgehead atoms. The van der Waals surface area contributed by atoms with Crippen LogP contribution in [0.5, 0.6) is 0 Å². The molecule has 0 aliphatic heterocycles. The van der Waals surface area contributed by atoms with E-state index in [1.54, 1.807) is 0 Å². The van der Waals surface area contributed by atoms with Crippen molar-refractivity contribution in [1.29, 1.82) is 0 Å². The van der Waals surface area contributed by atoms with Crippen LogP contribution in [0.25, 0.3) is 0 Å². The molecule has 0 rings (SSSR count). The van der Waals surface area contributed by atoms with Gasteiger partial charge in [0.2, 0.25) is 0 Å². The van der Waals surface area contributed by atoms with Gasteiger partial charge in [0.1, 0.15) is 12.2 Å². The highest BCUT2D eigenvalue weighted by molar-refractivity contribution is 5.96. The maximum Gasteiger partial charge on any atom is 0.318 e. The quantitative estimate of drug-likeness (QED) is 0.259. The lowest BCUT2D eigenvalue weighted by atomic mass is 10.2. The molecular formula is C8H10O3. The highest BCUT2D eigenvalue weighted by Crippen LogP contribution is 1.93. The first-order valence-corrected chi connectivity index (χ1v) is 3.13. The number of ether oxygens (including phenoxy) is 1. The molecule has 3 nitrogen and oxygen atoms in total. The van der Waals surface area contributed by atoms with Gasteiger partial charge in [-0.3, -0.25) is 9.59 Å². The Bertz CT molecular complexity index is 162. The van der Waals surface area contributed by atoms with E-state index in [0.29, 0.717) is 0 Å². The fourth-order valence-electron chi connectivity index (χ4n) is 0.529. The highest BCUT2D eigenvalue weighted by atomic mass is 16.5. The summed E-state index contributed by atoms with van der Waals surface area (Å²) in [6, 6.07) is 0. The molecule has 0 spiro atoms. The van der Waals surface area contributed by atoms with Gasteiger partial charge in [0.05, 0.1) is 6.26 Å². The van der Waals surface area contributed by atoms with Crippen molar-refractivity contribution in [2.24, 2.45) is 0 Å². The number of hydrogen-bond acceptors (Lipinski definition) is 3. The molecule has 0 aromatic heterocycles. The van der Waals surface area contributed by atoms with Crippen molar-refractivity contribution in [3.05, 3.63) is 25.5 Å². The summed E-state index contributed by atoms with van der Waals surface area (Å²) >= 11 is 0. The summed E-state index contributed by atoms with van der Waals surface area (Å²) in [7, 11) is 0. The summed E-state index contributed by atoms with van der Waals surface area (Å²) in [6.45, 7) is 6.54. The molecule has 0 N–H and O–H groups in total. The van der Waals surface area contributed by atoms with Crippen LogP contribution in [-0.2, 0) is 14.3 Å². The standard InChI is InChI=1S/C8H10O3/c1-3-5-7(9)6-8(10)11-4-2/h3-4H,1-2,5-6H2. The lowest BCUT2D eigenvalue weighted by Gasteiger charge is -1.95. The molecule has 0 radical (unpaired) electrons. The molecular weight excluding hydrogens is 144 g/mol. The van der Waals surface area contributed by atoms with Gasteiger partial charge in [-0.25, -0.2) is 0 Å². The average Bonchev–Trinajstić information content (AvgIpc) is 1.87. The molecule has 11 heavy (non-hydrogen) atoms. The molecule has 0 amide bonds. The molecule has 0 aromatic carbocycles. The Labute approximate surface area is 65.4 Å². The Hall–Kier alpha value is -1.38. The SMILES string of the molecule is C=CCC(=O)CC(=O)OC=C.